The SMILES string of the molecule is CC(=O)Oc1ccc(C(=O)C(=O)O)cc1. The molecule has 5 heteroatoms. The van der Waals surface area contributed by atoms with E-state index in [9.17, 15) is 14.4 Å². The van der Waals surface area contributed by atoms with Gasteiger partial charge in [0.2, 0.25) is 0 Å². The molecule has 1 aromatic rings. The second-order valence-corrected chi connectivity index (χ2v) is 2.75. The molecule has 0 spiro atoms. The van der Waals surface area contributed by atoms with Crippen molar-refractivity contribution in [2.75, 3.05) is 0 Å². The predicted octanol–water partition coefficient (Wildman–Crippen LogP) is 0.879. The van der Waals surface area contributed by atoms with E-state index in [0.717, 1.165) is 0 Å². The number of carboxylic acid groups (broad SMARTS) is 1. The third kappa shape index (κ3) is 2.91. The number of rotatable bonds is 3. The van der Waals surface area contributed by atoms with E-state index in [2.05, 4.69) is 0 Å². The second kappa shape index (κ2) is 4.36. The van der Waals surface area contributed by atoms with Gasteiger partial charge in [-0.3, -0.25) is 9.59 Å². The highest BCUT2D eigenvalue weighted by molar-refractivity contribution is 6.39. The topological polar surface area (TPSA) is 80.7 Å². The summed E-state index contributed by atoms with van der Waals surface area (Å²) in [6, 6.07) is 5.29. The molecule has 1 rings (SSSR count). The Labute approximate surface area is 85.3 Å². The van der Waals surface area contributed by atoms with Crippen LogP contribution in [0.2, 0.25) is 0 Å². The number of ketones is 1. The Morgan fingerprint density at radius 1 is 1.13 bits per heavy atom. The fourth-order valence-corrected chi connectivity index (χ4v) is 0.964. The van der Waals surface area contributed by atoms with E-state index in [0.29, 0.717) is 0 Å². The van der Waals surface area contributed by atoms with Gasteiger partial charge in [-0.2, -0.15) is 0 Å². The van der Waals surface area contributed by atoms with E-state index in [4.69, 9.17) is 9.84 Å². The number of aliphatic carboxylic acids is 1. The number of hydrogen-bond acceptors (Lipinski definition) is 4. The number of hydrogen-bond donors (Lipinski definition) is 1. The van der Waals surface area contributed by atoms with Crippen LogP contribution in [0.25, 0.3) is 0 Å². The third-order valence-electron chi connectivity index (χ3n) is 1.57. The highest BCUT2D eigenvalue weighted by Crippen LogP contribution is 2.12. The van der Waals surface area contributed by atoms with Crippen molar-refractivity contribution in [2.45, 2.75) is 6.92 Å². The van der Waals surface area contributed by atoms with E-state index >= 15 is 0 Å². The zero-order valence-corrected chi connectivity index (χ0v) is 7.89. The van der Waals surface area contributed by atoms with Crippen LogP contribution in [0.5, 0.6) is 5.75 Å². The number of Topliss-reactive ketones (excluding diaryl/α,β-unsaturated/α-hetero) is 1. The van der Waals surface area contributed by atoms with Gasteiger partial charge < -0.3 is 9.84 Å². The van der Waals surface area contributed by atoms with Crippen LogP contribution < -0.4 is 4.74 Å². The van der Waals surface area contributed by atoms with Crippen LogP contribution in [0, 0.1) is 0 Å². The van der Waals surface area contributed by atoms with Gasteiger partial charge in [-0.15, -0.1) is 0 Å². The summed E-state index contributed by atoms with van der Waals surface area (Å²) in [6.07, 6.45) is 0. The Morgan fingerprint density at radius 3 is 2.07 bits per heavy atom. The molecule has 0 aliphatic carbocycles. The molecule has 1 aromatic carbocycles. The van der Waals surface area contributed by atoms with E-state index < -0.39 is 17.7 Å². The van der Waals surface area contributed by atoms with Crippen molar-refractivity contribution >= 4 is 17.7 Å². The molecular formula is C10H8O5. The quantitative estimate of drug-likeness (QED) is 0.345. The third-order valence-corrected chi connectivity index (χ3v) is 1.57. The van der Waals surface area contributed by atoms with Crippen molar-refractivity contribution in [1.82, 2.24) is 0 Å². The summed E-state index contributed by atoms with van der Waals surface area (Å²) in [5.74, 6) is -2.73. The standard InChI is InChI=1S/C10H8O5/c1-6(11)15-8-4-2-7(3-5-8)9(12)10(13)14/h2-5H,1H3,(H,13,14). The maximum atomic E-state index is 11.0. The van der Waals surface area contributed by atoms with Gasteiger partial charge in [0.05, 0.1) is 0 Å². The van der Waals surface area contributed by atoms with Crippen LogP contribution in [0.15, 0.2) is 24.3 Å². The fraction of sp³-hybridized carbons (Fsp3) is 0.100. The molecule has 0 amide bonds. The first-order chi connectivity index (χ1) is 7.00. The summed E-state index contributed by atoms with van der Waals surface area (Å²) in [5, 5.41) is 8.42. The Kier molecular flexibility index (Phi) is 3.17. The molecule has 0 unspecified atom stereocenters. The summed E-state index contributed by atoms with van der Waals surface area (Å²) in [7, 11) is 0. The smallest absolute Gasteiger partial charge is 0.377 e. The first-order valence-electron chi connectivity index (χ1n) is 4.07. The lowest BCUT2D eigenvalue weighted by molar-refractivity contribution is -0.132. The molecule has 0 aliphatic heterocycles. The number of benzene rings is 1. The van der Waals surface area contributed by atoms with Crippen molar-refractivity contribution < 1.29 is 24.2 Å². The lowest BCUT2D eigenvalue weighted by atomic mass is 10.1. The van der Waals surface area contributed by atoms with Gasteiger partial charge in [-0.05, 0) is 24.3 Å². The van der Waals surface area contributed by atoms with Gasteiger partial charge in [0.1, 0.15) is 5.75 Å². The number of ether oxygens (including phenoxy) is 1. The molecule has 0 fully saturated rings. The molecule has 0 bridgehead atoms. The summed E-state index contributed by atoms with van der Waals surface area (Å²) in [6.45, 7) is 1.25. The minimum absolute atomic E-state index is 0.0402. The number of carbonyl (C=O) groups is 3. The molecule has 5 nitrogen and oxygen atoms in total. The van der Waals surface area contributed by atoms with E-state index in [1.165, 1.54) is 31.2 Å². The Bertz CT molecular complexity index is 404. The summed E-state index contributed by atoms with van der Waals surface area (Å²) in [4.78, 5) is 31.9. The van der Waals surface area contributed by atoms with E-state index in [1.54, 1.807) is 0 Å². The molecule has 0 atom stereocenters. The maximum absolute atomic E-state index is 11.0. The highest BCUT2D eigenvalue weighted by atomic mass is 16.5. The molecule has 0 saturated heterocycles. The Balaban J connectivity index is 2.85. The van der Waals surface area contributed by atoms with Crippen molar-refractivity contribution in [1.29, 1.82) is 0 Å². The van der Waals surface area contributed by atoms with Crippen LogP contribution >= 0.6 is 0 Å². The molecular weight excluding hydrogens is 200 g/mol. The van der Waals surface area contributed by atoms with Gasteiger partial charge in [0.25, 0.3) is 5.78 Å². The molecule has 0 saturated carbocycles. The lowest BCUT2D eigenvalue weighted by Gasteiger charge is -2.01. The molecule has 0 aromatic heterocycles. The Morgan fingerprint density at radius 2 is 1.67 bits per heavy atom. The van der Waals surface area contributed by atoms with Gasteiger partial charge in [-0.25, -0.2) is 4.79 Å². The average Bonchev–Trinajstić information content (AvgIpc) is 2.17. The summed E-state index contributed by atoms with van der Waals surface area (Å²) in [5.41, 5.74) is 0.0402. The monoisotopic (exact) mass is 208 g/mol. The van der Waals surface area contributed by atoms with Crippen molar-refractivity contribution in [3.05, 3.63) is 29.8 Å². The zero-order chi connectivity index (χ0) is 11.4. The van der Waals surface area contributed by atoms with Crippen molar-refractivity contribution in [3.8, 4) is 5.75 Å². The minimum Gasteiger partial charge on any atom is -0.475 e. The predicted molar refractivity (Wildman–Crippen MR) is 49.7 cm³/mol. The van der Waals surface area contributed by atoms with Crippen LogP contribution in [0.1, 0.15) is 17.3 Å². The molecule has 0 radical (unpaired) electrons. The summed E-state index contributed by atoms with van der Waals surface area (Å²) >= 11 is 0. The average molecular weight is 208 g/mol. The zero-order valence-electron chi connectivity index (χ0n) is 7.89. The largest absolute Gasteiger partial charge is 0.475 e. The normalized spacial score (nSPS) is 9.40. The molecule has 0 heterocycles. The second-order valence-electron chi connectivity index (χ2n) is 2.75. The molecule has 1 N–H and O–H groups in total. The van der Waals surface area contributed by atoms with Crippen LogP contribution in [0.3, 0.4) is 0 Å². The minimum atomic E-state index is -1.52. The first kappa shape index (κ1) is 10.9. The van der Waals surface area contributed by atoms with Gasteiger partial charge in [0.15, 0.2) is 0 Å². The lowest BCUT2D eigenvalue weighted by Crippen LogP contribution is -2.12. The summed E-state index contributed by atoms with van der Waals surface area (Å²) < 4.78 is 4.71. The van der Waals surface area contributed by atoms with Crippen LogP contribution in [-0.4, -0.2) is 22.8 Å². The van der Waals surface area contributed by atoms with Crippen LogP contribution in [-0.2, 0) is 9.59 Å². The highest BCUT2D eigenvalue weighted by Gasteiger charge is 2.13. The van der Waals surface area contributed by atoms with Crippen LogP contribution in [0.4, 0.5) is 0 Å². The molecule has 78 valence electrons. The van der Waals surface area contributed by atoms with Gasteiger partial charge >= 0.3 is 11.9 Å². The van der Waals surface area contributed by atoms with Gasteiger partial charge in [-0.1, -0.05) is 0 Å². The number of carboxylic acids is 1. The Hall–Kier alpha value is -2.17. The number of carbonyl (C=O) groups excluding carboxylic acids is 2. The van der Waals surface area contributed by atoms with E-state index in [1.807, 2.05) is 0 Å². The molecule has 15 heavy (non-hydrogen) atoms. The van der Waals surface area contributed by atoms with E-state index in [-0.39, 0.29) is 11.3 Å². The fourth-order valence-electron chi connectivity index (χ4n) is 0.964. The number of esters is 1. The van der Waals surface area contributed by atoms with Gasteiger partial charge in [0, 0.05) is 12.5 Å². The first-order valence-corrected chi connectivity index (χ1v) is 4.07. The maximum Gasteiger partial charge on any atom is 0.377 e. The van der Waals surface area contributed by atoms with Crippen molar-refractivity contribution in [2.24, 2.45) is 0 Å². The van der Waals surface area contributed by atoms with Crippen molar-refractivity contribution in [3.63, 3.8) is 0 Å². The molecule has 0 aliphatic rings.